The topological polar surface area (TPSA) is 41.5 Å². The average molecular weight is 184 g/mol. The smallest absolute Gasteiger partial charge is 0.0920 e. The molecule has 2 unspecified atom stereocenters. The first-order valence-corrected chi connectivity index (χ1v) is 5.36. The molecule has 0 aromatic carbocycles. The van der Waals surface area contributed by atoms with Gasteiger partial charge in [0.05, 0.1) is 6.04 Å². The molecule has 0 amide bonds. The van der Waals surface area contributed by atoms with Crippen molar-refractivity contribution in [3.05, 3.63) is 4.91 Å². The van der Waals surface area contributed by atoms with E-state index in [1.54, 1.807) is 0 Å². The van der Waals surface area contributed by atoms with Crippen LogP contribution in [0.15, 0.2) is 5.18 Å². The molecule has 1 aliphatic carbocycles. The number of nitrogens with one attached hydrogen (secondary N) is 1. The molecule has 0 aromatic rings. The molecular weight excluding hydrogens is 164 g/mol. The van der Waals surface area contributed by atoms with Gasteiger partial charge >= 0.3 is 0 Å². The van der Waals surface area contributed by atoms with Crippen molar-refractivity contribution >= 4 is 0 Å². The van der Waals surface area contributed by atoms with Crippen molar-refractivity contribution in [2.45, 2.75) is 57.0 Å². The summed E-state index contributed by atoms with van der Waals surface area (Å²) in [5, 5.41) is 6.48. The van der Waals surface area contributed by atoms with Crippen LogP contribution in [0.4, 0.5) is 0 Å². The van der Waals surface area contributed by atoms with Crippen molar-refractivity contribution in [1.82, 2.24) is 5.32 Å². The van der Waals surface area contributed by atoms with E-state index in [-0.39, 0.29) is 6.04 Å². The number of nitroso groups, excluding NO2 is 1. The van der Waals surface area contributed by atoms with Gasteiger partial charge in [0.25, 0.3) is 0 Å². The SMILES string of the molecule is CNC1CCCCCC(N=O)CC1. The molecule has 1 fully saturated rings. The van der Waals surface area contributed by atoms with E-state index >= 15 is 0 Å². The maximum absolute atomic E-state index is 10.5. The van der Waals surface area contributed by atoms with Crippen molar-refractivity contribution in [1.29, 1.82) is 0 Å². The van der Waals surface area contributed by atoms with Gasteiger partial charge in [0.1, 0.15) is 0 Å². The highest BCUT2D eigenvalue weighted by molar-refractivity contribution is 4.74. The second-order valence-corrected chi connectivity index (χ2v) is 3.96. The van der Waals surface area contributed by atoms with Crippen LogP contribution < -0.4 is 5.32 Å². The zero-order valence-electron chi connectivity index (χ0n) is 8.46. The van der Waals surface area contributed by atoms with Crippen LogP contribution in [0.3, 0.4) is 0 Å². The maximum atomic E-state index is 10.5. The Bertz CT molecular complexity index is 150. The van der Waals surface area contributed by atoms with Crippen LogP contribution in [-0.4, -0.2) is 19.1 Å². The fraction of sp³-hybridized carbons (Fsp3) is 1.00. The molecule has 0 spiro atoms. The third-order valence-corrected chi connectivity index (χ3v) is 3.00. The van der Waals surface area contributed by atoms with E-state index in [1.165, 1.54) is 25.7 Å². The number of rotatable bonds is 2. The maximum Gasteiger partial charge on any atom is 0.0920 e. The van der Waals surface area contributed by atoms with Crippen molar-refractivity contribution in [3.63, 3.8) is 0 Å². The molecule has 13 heavy (non-hydrogen) atoms. The summed E-state index contributed by atoms with van der Waals surface area (Å²) in [5.41, 5.74) is 0. The summed E-state index contributed by atoms with van der Waals surface area (Å²) in [6.45, 7) is 0. The Balaban J connectivity index is 2.37. The normalized spacial score (nSPS) is 31.5. The van der Waals surface area contributed by atoms with Crippen LogP contribution in [0.25, 0.3) is 0 Å². The highest BCUT2D eigenvalue weighted by atomic mass is 16.3. The minimum Gasteiger partial charge on any atom is -0.317 e. The fourth-order valence-electron chi connectivity index (χ4n) is 2.02. The molecule has 0 saturated heterocycles. The van der Waals surface area contributed by atoms with Gasteiger partial charge in [-0.1, -0.05) is 24.4 Å². The quantitative estimate of drug-likeness (QED) is 0.670. The van der Waals surface area contributed by atoms with Gasteiger partial charge < -0.3 is 5.32 Å². The number of hydrogen-bond donors (Lipinski definition) is 1. The zero-order valence-corrected chi connectivity index (χ0v) is 8.46. The summed E-state index contributed by atoms with van der Waals surface area (Å²) in [5.74, 6) is 0. The summed E-state index contributed by atoms with van der Waals surface area (Å²) in [7, 11) is 2.01. The van der Waals surface area contributed by atoms with E-state index in [0.717, 1.165) is 19.3 Å². The Morgan fingerprint density at radius 1 is 1.08 bits per heavy atom. The third kappa shape index (κ3) is 3.85. The highest BCUT2D eigenvalue weighted by Crippen LogP contribution is 2.19. The van der Waals surface area contributed by atoms with Crippen molar-refractivity contribution < 1.29 is 0 Å². The molecule has 2 atom stereocenters. The first-order chi connectivity index (χ1) is 6.36. The Morgan fingerprint density at radius 2 is 1.85 bits per heavy atom. The van der Waals surface area contributed by atoms with Gasteiger partial charge in [-0.05, 0) is 32.7 Å². The lowest BCUT2D eigenvalue weighted by Crippen LogP contribution is -2.25. The summed E-state index contributed by atoms with van der Waals surface area (Å²) < 4.78 is 0. The molecule has 0 aromatic heterocycles. The zero-order chi connectivity index (χ0) is 9.52. The van der Waals surface area contributed by atoms with Gasteiger partial charge in [-0.2, -0.15) is 4.91 Å². The van der Waals surface area contributed by atoms with Gasteiger partial charge in [-0.3, -0.25) is 0 Å². The predicted molar refractivity (Wildman–Crippen MR) is 54.7 cm³/mol. The Kier molecular flexibility index (Phi) is 4.98. The van der Waals surface area contributed by atoms with Gasteiger partial charge in [0, 0.05) is 6.04 Å². The van der Waals surface area contributed by atoms with E-state index in [9.17, 15) is 4.91 Å². The van der Waals surface area contributed by atoms with Gasteiger partial charge in [-0.25, -0.2) is 0 Å². The largest absolute Gasteiger partial charge is 0.317 e. The van der Waals surface area contributed by atoms with Crippen LogP contribution in [0.5, 0.6) is 0 Å². The minimum absolute atomic E-state index is 0.0777. The molecule has 1 N–H and O–H groups in total. The highest BCUT2D eigenvalue weighted by Gasteiger charge is 2.14. The molecule has 1 aliphatic rings. The minimum atomic E-state index is 0.0777. The first kappa shape index (κ1) is 10.6. The number of hydrogen-bond acceptors (Lipinski definition) is 3. The van der Waals surface area contributed by atoms with E-state index < -0.39 is 0 Å². The lowest BCUT2D eigenvalue weighted by molar-refractivity contribution is 0.450. The van der Waals surface area contributed by atoms with Crippen molar-refractivity contribution in [2.75, 3.05) is 7.05 Å². The molecule has 0 heterocycles. The Morgan fingerprint density at radius 3 is 2.54 bits per heavy atom. The van der Waals surface area contributed by atoms with Crippen LogP contribution in [0.1, 0.15) is 44.9 Å². The van der Waals surface area contributed by atoms with Crippen LogP contribution in [0, 0.1) is 4.91 Å². The van der Waals surface area contributed by atoms with Crippen molar-refractivity contribution in [3.8, 4) is 0 Å². The lowest BCUT2D eigenvalue weighted by Gasteiger charge is -2.15. The predicted octanol–water partition coefficient (Wildman–Crippen LogP) is 2.45. The molecule has 0 radical (unpaired) electrons. The molecule has 76 valence electrons. The van der Waals surface area contributed by atoms with Crippen LogP contribution >= 0.6 is 0 Å². The molecule has 0 aliphatic heterocycles. The second kappa shape index (κ2) is 6.08. The van der Waals surface area contributed by atoms with E-state index in [0.29, 0.717) is 6.04 Å². The van der Waals surface area contributed by atoms with Crippen molar-refractivity contribution in [2.24, 2.45) is 5.18 Å². The summed E-state index contributed by atoms with van der Waals surface area (Å²) in [6.07, 6.45) is 8.04. The van der Waals surface area contributed by atoms with E-state index in [1.807, 2.05) is 7.05 Å². The Hall–Kier alpha value is -0.440. The summed E-state index contributed by atoms with van der Waals surface area (Å²) in [4.78, 5) is 10.5. The summed E-state index contributed by atoms with van der Waals surface area (Å²) >= 11 is 0. The average Bonchev–Trinajstić information content (AvgIpc) is 2.28. The molecule has 1 saturated carbocycles. The second-order valence-electron chi connectivity index (χ2n) is 3.96. The monoisotopic (exact) mass is 184 g/mol. The van der Waals surface area contributed by atoms with Gasteiger partial charge in [0.2, 0.25) is 0 Å². The Labute approximate surface area is 80.3 Å². The third-order valence-electron chi connectivity index (χ3n) is 3.00. The molecule has 3 heteroatoms. The summed E-state index contributed by atoms with van der Waals surface area (Å²) in [6, 6.07) is 0.677. The van der Waals surface area contributed by atoms with Gasteiger partial charge in [-0.15, -0.1) is 0 Å². The van der Waals surface area contributed by atoms with Crippen LogP contribution in [-0.2, 0) is 0 Å². The van der Waals surface area contributed by atoms with E-state index in [4.69, 9.17) is 0 Å². The molecule has 1 rings (SSSR count). The molecular formula is C10H20N2O. The first-order valence-electron chi connectivity index (χ1n) is 5.36. The molecule has 0 bridgehead atoms. The van der Waals surface area contributed by atoms with Crippen LogP contribution in [0.2, 0.25) is 0 Å². The van der Waals surface area contributed by atoms with Gasteiger partial charge in [0.15, 0.2) is 0 Å². The standard InChI is InChI=1S/C10H20N2O/c1-11-9-5-3-2-4-6-10(12-13)8-7-9/h9-11H,2-8H2,1H3. The lowest BCUT2D eigenvalue weighted by atomic mass is 10.0. The van der Waals surface area contributed by atoms with E-state index in [2.05, 4.69) is 10.5 Å². The fourth-order valence-corrected chi connectivity index (χ4v) is 2.02. The number of nitrogens with zero attached hydrogens (tertiary/aromatic N) is 1. The molecule has 3 nitrogen and oxygen atoms in total.